The molecule has 1 aromatic carbocycles. The van der Waals surface area contributed by atoms with Crippen LogP contribution in [0.5, 0.6) is 5.75 Å². The van der Waals surface area contributed by atoms with Crippen LogP contribution in [-0.2, 0) is 36.9 Å². The molecule has 4 rings (SSSR count). The number of hydrogen-bond donors (Lipinski definition) is 4. The first kappa shape index (κ1) is 26.5. The second kappa shape index (κ2) is 9.05. The highest BCUT2D eigenvalue weighted by Crippen LogP contribution is 2.51. The molecule has 0 bridgehead atoms. The number of primary amides is 1. The van der Waals surface area contributed by atoms with E-state index in [1.54, 1.807) is 38.9 Å². The largest absolute Gasteiger partial charge is 0.507 e. The SMILES string of the molecule is CC(C)C(=O)NCc1cc(N(C)C)c2c(c1O)C(=O)C1C(=O)[C@]3(O)C(=O)C(C(N)=O)C(=O)C[C@@H]3C[C@@H]1C2. The van der Waals surface area contributed by atoms with E-state index in [0.29, 0.717) is 11.3 Å². The smallest absolute Gasteiger partial charge is 0.235 e. The monoisotopic (exact) mass is 513 g/mol. The number of phenolic OH excluding ortho intramolecular Hbond substituents is 1. The number of Topliss-reactive ketones (excluding diaryl/α,β-unsaturated/α-hetero) is 4. The molecule has 0 aromatic heterocycles. The van der Waals surface area contributed by atoms with E-state index in [2.05, 4.69) is 5.32 Å². The summed E-state index contributed by atoms with van der Waals surface area (Å²) in [5.74, 6) is -11.1. The van der Waals surface area contributed by atoms with Crippen molar-refractivity contribution >= 4 is 40.6 Å². The molecular weight excluding hydrogens is 482 g/mol. The van der Waals surface area contributed by atoms with Crippen molar-refractivity contribution in [1.29, 1.82) is 0 Å². The number of benzene rings is 1. The van der Waals surface area contributed by atoms with E-state index >= 15 is 0 Å². The van der Waals surface area contributed by atoms with Crippen molar-refractivity contribution in [1.82, 2.24) is 5.32 Å². The lowest BCUT2D eigenvalue weighted by molar-refractivity contribution is -0.175. The number of hydrogen-bond acceptors (Lipinski definition) is 9. The Kier molecular flexibility index (Phi) is 6.48. The van der Waals surface area contributed by atoms with Gasteiger partial charge in [-0.1, -0.05) is 13.8 Å². The van der Waals surface area contributed by atoms with E-state index in [1.807, 2.05) is 0 Å². The van der Waals surface area contributed by atoms with Gasteiger partial charge in [0.25, 0.3) is 0 Å². The molecule has 2 unspecified atom stereocenters. The minimum Gasteiger partial charge on any atom is -0.507 e. The van der Waals surface area contributed by atoms with Gasteiger partial charge in [-0.3, -0.25) is 28.8 Å². The Labute approximate surface area is 213 Å². The predicted octanol–water partition coefficient (Wildman–Crippen LogP) is -0.335. The Morgan fingerprint density at radius 1 is 1.16 bits per heavy atom. The van der Waals surface area contributed by atoms with Gasteiger partial charge in [-0.05, 0) is 30.4 Å². The lowest BCUT2D eigenvalue weighted by Crippen LogP contribution is -2.68. The molecule has 5 N–H and O–H groups in total. The Morgan fingerprint density at radius 3 is 2.38 bits per heavy atom. The second-order valence-electron chi connectivity index (χ2n) is 10.8. The molecular formula is C26H31N3O8. The quantitative estimate of drug-likeness (QED) is 0.383. The maximum absolute atomic E-state index is 13.8. The third-order valence-electron chi connectivity index (χ3n) is 7.92. The fraction of sp³-hybridized carbons (Fsp3) is 0.538. The van der Waals surface area contributed by atoms with Crippen molar-refractivity contribution in [3.05, 3.63) is 22.8 Å². The summed E-state index contributed by atoms with van der Waals surface area (Å²) in [6.45, 7) is 3.37. The zero-order chi connectivity index (χ0) is 27.6. The van der Waals surface area contributed by atoms with Crippen molar-refractivity contribution in [3.63, 3.8) is 0 Å². The van der Waals surface area contributed by atoms with Gasteiger partial charge in [0.1, 0.15) is 5.75 Å². The normalized spacial score (nSPS) is 28.9. The lowest BCUT2D eigenvalue weighted by atomic mass is 9.53. The molecule has 2 fully saturated rings. The Balaban J connectivity index is 1.79. The van der Waals surface area contributed by atoms with Crippen LogP contribution in [0.2, 0.25) is 0 Å². The molecule has 0 saturated heterocycles. The summed E-state index contributed by atoms with van der Waals surface area (Å²) in [4.78, 5) is 78.5. The number of rotatable bonds is 5. The van der Waals surface area contributed by atoms with Crippen molar-refractivity contribution in [2.45, 2.75) is 45.3 Å². The molecule has 11 nitrogen and oxygen atoms in total. The topological polar surface area (TPSA) is 184 Å². The number of nitrogens with two attached hydrogens (primary N) is 1. The number of anilines is 1. The van der Waals surface area contributed by atoms with Gasteiger partial charge < -0.3 is 26.2 Å². The zero-order valence-electron chi connectivity index (χ0n) is 21.2. The molecule has 11 heteroatoms. The summed E-state index contributed by atoms with van der Waals surface area (Å²) in [5.41, 5.74) is 3.82. The average Bonchev–Trinajstić information content (AvgIpc) is 2.80. The maximum Gasteiger partial charge on any atom is 0.235 e. The summed E-state index contributed by atoms with van der Waals surface area (Å²) < 4.78 is 0. The van der Waals surface area contributed by atoms with Gasteiger partial charge in [-0.15, -0.1) is 0 Å². The zero-order valence-corrected chi connectivity index (χ0v) is 21.2. The fourth-order valence-electron chi connectivity index (χ4n) is 5.99. The number of aromatic hydroxyl groups is 1. The number of amides is 2. The molecule has 0 spiro atoms. The van der Waals surface area contributed by atoms with Crippen LogP contribution in [0.1, 0.15) is 48.2 Å². The summed E-state index contributed by atoms with van der Waals surface area (Å²) in [5, 5.41) is 25.1. The maximum atomic E-state index is 13.8. The van der Waals surface area contributed by atoms with Crippen LogP contribution in [0.4, 0.5) is 5.69 Å². The molecule has 3 aliphatic rings. The first-order valence-corrected chi connectivity index (χ1v) is 12.2. The third kappa shape index (κ3) is 3.92. The van der Waals surface area contributed by atoms with E-state index in [1.165, 1.54) is 0 Å². The van der Waals surface area contributed by atoms with E-state index in [9.17, 15) is 39.0 Å². The molecule has 37 heavy (non-hydrogen) atoms. The summed E-state index contributed by atoms with van der Waals surface area (Å²) in [6, 6.07) is 1.68. The number of fused-ring (bicyclic) bond motifs is 3. The van der Waals surface area contributed by atoms with Crippen molar-refractivity contribution in [3.8, 4) is 5.75 Å². The van der Waals surface area contributed by atoms with Gasteiger partial charge >= 0.3 is 0 Å². The second-order valence-corrected chi connectivity index (χ2v) is 10.8. The average molecular weight is 514 g/mol. The van der Waals surface area contributed by atoms with E-state index in [-0.39, 0.29) is 54.5 Å². The number of nitrogens with zero attached hydrogens (tertiary/aromatic N) is 1. The van der Waals surface area contributed by atoms with Crippen molar-refractivity contribution in [2.75, 3.05) is 19.0 Å². The number of carbonyl (C=O) groups excluding carboxylic acids is 6. The van der Waals surface area contributed by atoms with Crippen LogP contribution in [0.3, 0.4) is 0 Å². The minimum atomic E-state index is -2.69. The Morgan fingerprint density at radius 2 is 1.81 bits per heavy atom. The van der Waals surface area contributed by atoms with Gasteiger partial charge in [0, 0.05) is 50.1 Å². The van der Waals surface area contributed by atoms with Gasteiger partial charge in [0.15, 0.2) is 34.7 Å². The summed E-state index contributed by atoms with van der Waals surface area (Å²) in [6.07, 6.45) is -0.168. The molecule has 5 atom stereocenters. The highest BCUT2D eigenvalue weighted by molar-refractivity contribution is 6.31. The van der Waals surface area contributed by atoms with E-state index in [0.717, 1.165) is 0 Å². The molecule has 2 amide bonds. The van der Waals surface area contributed by atoms with Crippen molar-refractivity contribution < 1.29 is 39.0 Å². The Bertz CT molecular complexity index is 1250. The third-order valence-corrected chi connectivity index (χ3v) is 7.92. The molecule has 198 valence electrons. The molecule has 0 heterocycles. The van der Waals surface area contributed by atoms with Crippen LogP contribution in [0.25, 0.3) is 0 Å². The van der Waals surface area contributed by atoms with E-state index < -0.39 is 58.3 Å². The van der Waals surface area contributed by atoms with E-state index in [4.69, 9.17) is 5.73 Å². The van der Waals surface area contributed by atoms with Crippen LogP contribution < -0.4 is 16.0 Å². The molecule has 0 aliphatic heterocycles. The van der Waals surface area contributed by atoms with Gasteiger partial charge in [-0.2, -0.15) is 0 Å². The summed E-state index contributed by atoms with van der Waals surface area (Å²) >= 11 is 0. The van der Waals surface area contributed by atoms with Gasteiger partial charge in [0.2, 0.25) is 11.8 Å². The van der Waals surface area contributed by atoms with Crippen LogP contribution >= 0.6 is 0 Å². The molecule has 0 radical (unpaired) electrons. The highest BCUT2D eigenvalue weighted by Gasteiger charge is 2.66. The molecule has 2 saturated carbocycles. The first-order chi connectivity index (χ1) is 17.2. The van der Waals surface area contributed by atoms with Crippen LogP contribution in [-0.4, -0.2) is 64.9 Å². The number of nitrogens with one attached hydrogen (secondary N) is 1. The summed E-state index contributed by atoms with van der Waals surface area (Å²) in [7, 11) is 3.51. The van der Waals surface area contributed by atoms with Crippen LogP contribution in [0.15, 0.2) is 6.07 Å². The van der Waals surface area contributed by atoms with Crippen LogP contribution in [0, 0.1) is 29.6 Å². The predicted molar refractivity (Wildman–Crippen MR) is 130 cm³/mol. The molecule has 1 aromatic rings. The number of aliphatic hydroxyl groups is 1. The number of ketones is 4. The number of carbonyl (C=O) groups is 6. The first-order valence-electron chi connectivity index (χ1n) is 12.2. The van der Waals surface area contributed by atoms with Gasteiger partial charge in [-0.25, -0.2) is 0 Å². The molecule has 3 aliphatic carbocycles. The standard InChI is InChI=1S/C26H31N3O8/c1-10(2)25(36)28-9-12-7-15(29(3)4)14-6-11-5-13-8-16(30)19(24(27)35)23(34)26(13,37)22(33)17(11)21(32)18(14)20(12)31/h7,10-11,13,17,19,31,37H,5-6,8-9H2,1-4H3,(H2,27,35)(H,28,36)/t11-,13+,17?,19?,26+/m1/s1. The van der Waals surface area contributed by atoms with Gasteiger partial charge in [0.05, 0.1) is 11.5 Å². The lowest BCUT2D eigenvalue weighted by Gasteiger charge is -2.48. The minimum absolute atomic E-state index is 0.0286. The highest BCUT2D eigenvalue weighted by atomic mass is 16.3. The Hall–Kier alpha value is -3.60. The number of phenols is 1. The fourth-order valence-corrected chi connectivity index (χ4v) is 5.99. The van der Waals surface area contributed by atoms with Crippen molar-refractivity contribution in [2.24, 2.45) is 35.3 Å².